The number of methoxy groups -OCH3 is 1. The van der Waals surface area contributed by atoms with Crippen molar-refractivity contribution >= 4 is 29.9 Å². The van der Waals surface area contributed by atoms with Crippen molar-refractivity contribution in [1.82, 2.24) is 10.6 Å². The van der Waals surface area contributed by atoms with Crippen molar-refractivity contribution in [3.63, 3.8) is 0 Å². The minimum atomic E-state index is -0.467. The maximum absolute atomic E-state index is 13.6. The molecular formula is C18H22F2IN3O. The number of rotatable bonds is 6. The summed E-state index contributed by atoms with van der Waals surface area (Å²) in [5.41, 5.74) is 2.41. The molecule has 0 amide bonds. The molecule has 0 unspecified atom stereocenters. The van der Waals surface area contributed by atoms with E-state index in [1.807, 2.05) is 24.3 Å². The SMILES string of the molecule is CN=C(NCc1cccc(COC)c1)NCc1cc(F)ccc1F.I. The van der Waals surface area contributed by atoms with Crippen LogP contribution in [0.4, 0.5) is 8.78 Å². The molecule has 0 atom stereocenters. The fourth-order valence-electron chi connectivity index (χ4n) is 2.26. The Bertz CT molecular complexity index is 710. The highest BCUT2D eigenvalue weighted by Crippen LogP contribution is 2.09. The van der Waals surface area contributed by atoms with E-state index in [1.54, 1.807) is 14.2 Å². The molecule has 0 aliphatic heterocycles. The molecular weight excluding hydrogens is 439 g/mol. The standard InChI is InChI=1S/C18H21F2N3O.HI/c1-21-18(23-11-15-9-16(19)6-7-17(15)20)22-10-13-4-3-5-14(8-13)12-24-2;/h3-9H,10-12H2,1-2H3,(H2,21,22,23);1H. The van der Waals surface area contributed by atoms with Gasteiger partial charge in [-0.2, -0.15) is 0 Å². The van der Waals surface area contributed by atoms with Gasteiger partial charge in [-0.1, -0.05) is 24.3 Å². The molecule has 136 valence electrons. The number of halogens is 3. The molecule has 0 saturated heterocycles. The van der Waals surface area contributed by atoms with Gasteiger partial charge in [-0.15, -0.1) is 24.0 Å². The first-order chi connectivity index (χ1) is 11.6. The van der Waals surface area contributed by atoms with Gasteiger partial charge < -0.3 is 15.4 Å². The van der Waals surface area contributed by atoms with E-state index < -0.39 is 11.6 Å². The van der Waals surface area contributed by atoms with Crippen molar-refractivity contribution in [2.75, 3.05) is 14.2 Å². The van der Waals surface area contributed by atoms with E-state index in [4.69, 9.17) is 4.74 Å². The quantitative estimate of drug-likeness (QED) is 0.393. The summed E-state index contributed by atoms with van der Waals surface area (Å²) in [6.07, 6.45) is 0. The number of hydrogen-bond acceptors (Lipinski definition) is 2. The Balaban J connectivity index is 0.00000312. The molecule has 0 aromatic heterocycles. The third kappa shape index (κ3) is 6.95. The van der Waals surface area contributed by atoms with Crippen LogP contribution in [0.2, 0.25) is 0 Å². The van der Waals surface area contributed by atoms with E-state index in [1.165, 1.54) is 6.07 Å². The Morgan fingerprint density at radius 3 is 2.48 bits per heavy atom. The van der Waals surface area contributed by atoms with Crippen LogP contribution in [0.25, 0.3) is 0 Å². The van der Waals surface area contributed by atoms with E-state index >= 15 is 0 Å². The molecule has 2 aromatic carbocycles. The molecule has 2 aromatic rings. The van der Waals surface area contributed by atoms with Crippen LogP contribution in [-0.2, 0) is 24.4 Å². The van der Waals surface area contributed by atoms with Crippen LogP contribution < -0.4 is 10.6 Å². The summed E-state index contributed by atoms with van der Waals surface area (Å²) in [6.45, 7) is 1.26. The Hall–Kier alpha value is -1.74. The smallest absolute Gasteiger partial charge is 0.191 e. The molecule has 0 saturated carbocycles. The summed E-state index contributed by atoms with van der Waals surface area (Å²) in [7, 11) is 3.28. The van der Waals surface area contributed by atoms with Gasteiger partial charge in [0.25, 0.3) is 0 Å². The zero-order valence-corrected chi connectivity index (χ0v) is 16.5. The predicted octanol–water partition coefficient (Wildman–Crippen LogP) is 3.59. The number of benzene rings is 2. The molecule has 25 heavy (non-hydrogen) atoms. The first kappa shape index (κ1) is 21.3. The van der Waals surface area contributed by atoms with Crippen LogP contribution in [0.3, 0.4) is 0 Å². The van der Waals surface area contributed by atoms with Crippen LogP contribution in [-0.4, -0.2) is 20.1 Å². The van der Waals surface area contributed by atoms with E-state index in [-0.39, 0.29) is 36.1 Å². The lowest BCUT2D eigenvalue weighted by atomic mass is 10.1. The van der Waals surface area contributed by atoms with Gasteiger partial charge in [0.15, 0.2) is 5.96 Å². The predicted molar refractivity (Wildman–Crippen MR) is 106 cm³/mol. The zero-order valence-electron chi connectivity index (χ0n) is 14.2. The second-order valence-electron chi connectivity index (χ2n) is 5.27. The van der Waals surface area contributed by atoms with Crippen molar-refractivity contribution in [3.05, 3.63) is 70.8 Å². The van der Waals surface area contributed by atoms with Crippen LogP contribution in [0.15, 0.2) is 47.5 Å². The number of guanidine groups is 1. The number of nitrogens with zero attached hydrogens (tertiary/aromatic N) is 1. The minimum Gasteiger partial charge on any atom is -0.380 e. The third-order valence-corrected chi connectivity index (χ3v) is 3.44. The topological polar surface area (TPSA) is 45.7 Å². The van der Waals surface area contributed by atoms with E-state index in [0.29, 0.717) is 19.1 Å². The van der Waals surface area contributed by atoms with E-state index in [0.717, 1.165) is 23.3 Å². The molecule has 4 nitrogen and oxygen atoms in total. The van der Waals surface area contributed by atoms with Gasteiger partial charge >= 0.3 is 0 Å². The molecule has 0 radical (unpaired) electrons. The summed E-state index contributed by atoms with van der Waals surface area (Å²) in [5, 5.41) is 6.11. The largest absolute Gasteiger partial charge is 0.380 e. The van der Waals surface area contributed by atoms with Crippen molar-refractivity contribution in [1.29, 1.82) is 0 Å². The highest BCUT2D eigenvalue weighted by Gasteiger charge is 2.05. The van der Waals surface area contributed by atoms with Crippen molar-refractivity contribution < 1.29 is 13.5 Å². The maximum atomic E-state index is 13.6. The summed E-state index contributed by atoms with van der Waals surface area (Å²) in [6, 6.07) is 11.4. The fourth-order valence-corrected chi connectivity index (χ4v) is 2.26. The van der Waals surface area contributed by atoms with Gasteiger partial charge in [0.1, 0.15) is 11.6 Å². The van der Waals surface area contributed by atoms with Crippen molar-refractivity contribution in [3.8, 4) is 0 Å². The molecule has 0 aliphatic carbocycles. The maximum Gasteiger partial charge on any atom is 0.191 e. The molecule has 2 N–H and O–H groups in total. The Labute approximate surface area is 163 Å². The summed E-state index contributed by atoms with van der Waals surface area (Å²) >= 11 is 0. The highest BCUT2D eigenvalue weighted by atomic mass is 127. The summed E-state index contributed by atoms with van der Waals surface area (Å²) in [4.78, 5) is 4.08. The van der Waals surface area contributed by atoms with Crippen LogP contribution in [0.1, 0.15) is 16.7 Å². The van der Waals surface area contributed by atoms with Gasteiger partial charge in [0.05, 0.1) is 6.61 Å². The monoisotopic (exact) mass is 461 g/mol. The Morgan fingerprint density at radius 1 is 1.04 bits per heavy atom. The van der Waals surface area contributed by atoms with Gasteiger partial charge in [0.2, 0.25) is 0 Å². The van der Waals surface area contributed by atoms with Crippen molar-refractivity contribution in [2.45, 2.75) is 19.7 Å². The molecule has 7 heteroatoms. The van der Waals surface area contributed by atoms with Crippen LogP contribution in [0.5, 0.6) is 0 Å². The zero-order chi connectivity index (χ0) is 17.4. The van der Waals surface area contributed by atoms with Crippen LogP contribution >= 0.6 is 24.0 Å². The second kappa shape index (κ2) is 11.0. The van der Waals surface area contributed by atoms with Gasteiger partial charge in [0, 0.05) is 32.8 Å². The number of hydrogen-bond donors (Lipinski definition) is 2. The second-order valence-corrected chi connectivity index (χ2v) is 5.27. The highest BCUT2D eigenvalue weighted by molar-refractivity contribution is 14.0. The van der Waals surface area contributed by atoms with E-state index in [2.05, 4.69) is 15.6 Å². The Kier molecular flexibility index (Phi) is 9.36. The van der Waals surface area contributed by atoms with Crippen molar-refractivity contribution in [2.24, 2.45) is 4.99 Å². The Morgan fingerprint density at radius 2 is 1.76 bits per heavy atom. The van der Waals surface area contributed by atoms with Crippen LogP contribution in [0, 0.1) is 11.6 Å². The number of aliphatic imine (C=N–C) groups is 1. The molecule has 0 heterocycles. The van der Waals surface area contributed by atoms with E-state index in [9.17, 15) is 8.78 Å². The number of ether oxygens (including phenoxy) is 1. The molecule has 0 aliphatic rings. The first-order valence-corrected chi connectivity index (χ1v) is 7.57. The summed E-state index contributed by atoms with van der Waals surface area (Å²) in [5.74, 6) is -0.409. The average molecular weight is 461 g/mol. The number of nitrogens with one attached hydrogen (secondary N) is 2. The van der Waals surface area contributed by atoms with Gasteiger partial charge in [-0.05, 0) is 29.3 Å². The third-order valence-electron chi connectivity index (χ3n) is 3.44. The lowest BCUT2D eigenvalue weighted by molar-refractivity contribution is 0.185. The lowest BCUT2D eigenvalue weighted by Gasteiger charge is -2.13. The normalized spacial score (nSPS) is 11.0. The average Bonchev–Trinajstić information content (AvgIpc) is 2.58. The van der Waals surface area contributed by atoms with Gasteiger partial charge in [-0.3, -0.25) is 4.99 Å². The van der Waals surface area contributed by atoms with Gasteiger partial charge in [-0.25, -0.2) is 8.78 Å². The molecule has 0 fully saturated rings. The minimum absolute atomic E-state index is 0. The fraction of sp³-hybridized carbons (Fsp3) is 0.278. The first-order valence-electron chi connectivity index (χ1n) is 7.57. The molecule has 0 spiro atoms. The summed E-state index contributed by atoms with van der Waals surface area (Å²) < 4.78 is 31.9. The molecule has 0 bridgehead atoms. The lowest BCUT2D eigenvalue weighted by Crippen LogP contribution is -2.36. The molecule has 2 rings (SSSR count).